The van der Waals surface area contributed by atoms with E-state index in [2.05, 4.69) is 284 Å². The summed E-state index contributed by atoms with van der Waals surface area (Å²) in [5.74, 6) is 1.68. The maximum absolute atomic E-state index is 7.21. The number of hydrogen-bond acceptors (Lipinski definition) is 4. The first kappa shape index (κ1) is 46.5. The van der Waals surface area contributed by atoms with Crippen molar-refractivity contribution in [3.63, 3.8) is 0 Å². The van der Waals surface area contributed by atoms with Gasteiger partial charge in [0.2, 0.25) is 0 Å². The van der Waals surface area contributed by atoms with Crippen molar-refractivity contribution in [2.45, 2.75) is 0 Å². The average molecular weight is 1020 g/mol. The molecule has 0 atom stereocenters. The molecule has 374 valence electrons. The molecule has 0 N–H and O–H groups in total. The van der Waals surface area contributed by atoms with E-state index < -0.39 is 0 Å². The van der Waals surface area contributed by atoms with Crippen molar-refractivity contribution in [1.29, 1.82) is 0 Å². The summed E-state index contributed by atoms with van der Waals surface area (Å²) in [7, 11) is 0. The lowest BCUT2D eigenvalue weighted by molar-refractivity contribution is 0.670. The van der Waals surface area contributed by atoms with Crippen LogP contribution in [0.2, 0.25) is 0 Å². The van der Waals surface area contributed by atoms with Gasteiger partial charge in [-0.3, -0.25) is 0 Å². The first-order valence-electron chi connectivity index (χ1n) is 27.1. The van der Waals surface area contributed by atoms with E-state index in [0.717, 1.165) is 99.7 Å². The van der Waals surface area contributed by atoms with Gasteiger partial charge in [0.25, 0.3) is 0 Å². The van der Waals surface area contributed by atoms with Crippen LogP contribution in [0.15, 0.2) is 296 Å². The second-order valence-electron chi connectivity index (χ2n) is 20.3. The molecule has 0 aliphatic carbocycles. The number of nitrogens with zero attached hydrogens (tertiary/aromatic N) is 4. The van der Waals surface area contributed by atoms with E-state index in [1.54, 1.807) is 0 Å². The maximum atomic E-state index is 7.21. The molecule has 0 spiro atoms. The third-order valence-electron chi connectivity index (χ3n) is 15.4. The number of furan rings is 1. The first-order valence-corrected chi connectivity index (χ1v) is 27.1. The van der Waals surface area contributed by atoms with Crippen LogP contribution in [0, 0.1) is 0 Å². The van der Waals surface area contributed by atoms with Crippen molar-refractivity contribution in [2.75, 3.05) is 0 Å². The van der Waals surface area contributed by atoms with Gasteiger partial charge in [0.1, 0.15) is 11.2 Å². The Hall–Kier alpha value is -10.8. The SMILES string of the molecule is c1ccc(-c2cc(-c3ccccc3)cc(-c3ccc4c(c3)c3cc(-c5cccc6c5oc5c(-c7nc(-c8cccc(-c9ccccc9)c8)nc(-c8cccc(-c9ccccc9)c8)n7)cccc56)ccc3n4-c3ccccc3)c2)cc1. The van der Waals surface area contributed by atoms with Gasteiger partial charge in [0.05, 0.1) is 16.6 Å². The fourth-order valence-electron chi connectivity index (χ4n) is 11.5. The van der Waals surface area contributed by atoms with Crippen LogP contribution in [0.5, 0.6) is 0 Å². The van der Waals surface area contributed by atoms with Crippen molar-refractivity contribution >= 4 is 43.7 Å². The van der Waals surface area contributed by atoms with Crippen LogP contribution in [-0.2, 0) is 0 Å². The van der Waals surface area contributed by atoms with E-state index in [9.17, 15) is 0 Å². The van der Waals surface area contributed by atoms with Crippen LogP contribution in [0.25, 0.3) is 150 Å². The molecule has 0 radical (unpaired) electrons. The fourth-order valence-corrected chi connectivity index (χ4v) is 11.5. The molecule has 0 unspecified atom stereocenters. The lowest BCUT2D eigenvalue weighted by Crippen LogP contribution is -2.00. The third kappa shape index (κ3) is 8.42. The van der Waals surface area contributed by atoms with Gasteiger partial charge in [-0.05, 0) is 134 Å². The molecule has 15 aromatic rings. The van der Waals surface area contributed by atoms with Crippen molar-refractivity contribution in [3.8, 4) is 107 Å². The van der Waals surface area contributed by atoms with Crippen molar-refractivity contribution in [1.82, 2.24) is 19.5 Å². The van der Waals surface area contributed by atoms with Crippen LogP contribution in [0.4, 0.5) is 0 Å². The Morgan fingerprint density at radius 3 is 1.09 bits per heavy atom. The summed E-state index contributed by atoms with van der Waals surface area (Å²) >= 11 is 0. The highest BCUT2D eigenvalue weighted by molar-refractivity contribution is 6.15. The Balaban J connectivity index is 0.892. The van der Waals surface area contributed by atoms with Gasteiger partial charge < -0.3 is 8.98 Å². The van der Waals surface area contributed by atoms with Crippen molar-refractivity contribution < 1.29 is 4.42 Å². The van der Waals surface area contributed by atoms with E-state index in [-0.39, 0.29) is 0 Å². The Kier molecular flexibility index (Phi) is 11.4. The maximum Gasteiger partial charge on any atom is 0.167 e. The minimum Gasteiger partial charge on any atom is -0.455 e. The molecule has 0 aliphatic heterocycles. The largest absolute Gasteiger partial charge is 0.455 e. The monoisotopic (exact) mass is 1020 g/mol. The van der Waals surface area contributed by atoms with E-state index in [4.69, 9.17) is 19.4 Å². The summed E-state index contributed by atoms with van der Waals surface area (Å²) in [4.78, 5) is 15.8. The minimum atomic E-state index is 0.530. The molecular formula is C75H48N4O. The molecule has 0 saturated heterocycles. The van der Waals surface area contributed by atoms with Crippen LogP contribution in [-0.4, -0.2) is 19.5 Å². The first-order chi connectivity index (χ1) is 39.6. The van der Waals surface area contributed by atoms with Gasteiger partial charge in [-0.25, -0.2) is 15.0 Å². The van der Waals surface area contributed by atoms with E-state index in [1.165, 1.54) is 27.6 Å². The lowest BCUT2D eigenvalue weighted by Gasteiger charge is -2.12. The van der Waals surface area contributed by atoms with Gasteiger partial charge in [0.15, 0.2) is 17.5 Å². The Labute approximate surface area is 463 Å². The number of hydrogen-bond donors (Lipinski definition) is 0. The molecule has 80 heavy (non-hydrogen) atoms. The zero-order valence-corrected chi connectivity index (χ0v) is 43.4. The standard InChI is InChI=1S/C75H48N4O/c1-6-20-49(21-7-1)53-28-16-30-57(42-53)73-76-74(58-31-17-29-54(43-58)50-22-8-2-9-23-50)78-75(77-73)66-37-19-36-65-64-35-18-34-63(71(64)80-72(65)66)56-39-41-70-68(48-56)67-47-55(38-40-69(67)79(70)62-32-14-5-15-33-62)61-45-59(51-24-10-3-11-25-51)44-60(46-61)52-26-12-4-13-27-52/h1-48H. The Morgan fingerprint density at radius 1 is 0.225 bits per heavy atom. The molecule has 5 nitrogen and oxygen atoms in total. The number of para-hydroxylation sites is 3. The highest BCUT2D eigenvalue weighted by atomic mass is 16.3. The van der Waals surface area contributed by atoms with E-state index in [0.29, 0.717) is 23.1 Å². The van der Waals surface area contributed by atoms with Gasteiger partial charge in [0, 0.05) is 43.9 Å². The average Bonchev–Trinajstić information content (AvgIpc) is 4.29. The predicted molar refractivity (Wildman–Crippen MR) is 330 cm³/mol. The topological polar surface area (TPSA) is 56.7 Å². The highest BCUT2D eigenvalue weighted by Crippen LogP contribution is 2.43. The molecule has 3 heterocycles. The predicted octanol–water partition coefficient (Wildman–Crippen LogP) is 19.9. The summed E-state index contributed by atoms with van der Waals surface area (Å²) in [6, 6.07) is 103. The van der Waals surface area contributed by atoms with Gasteiger partial charge in [-0.2, -0.15) is 0 Å². The lowest BCUT2D eigenvalue weighted by atomic mass is 9.92. The quantitative estimate of drug-likeness (QED) is 0.137. The van der Waals surface area contributed by atoms with Gasteiger partial charge in [-0.1, -0.05) is 218 Å². The van der Waals surface area contributed by atoms with Crippen LogP contribution < -0.4 is 0 Å². The normalized spacial score (nSPS) is 11.5. The molecule has 15 rings (SSSR count). The molecule has 0 amide bonds. The molecule has 5 heteroatoms. The van der Waals surface area contributed by atoms with Gasteiger partial charge in [-0.15, -0.1) is 0 Å². The second-order valence-corrected chi connectivity index (χ2v) is 20.3. The molecule has 0 aliphatic rings. The summed E-state index contributed by atoms with van der Waals surface area (Å²) in [5, 5.41) is 4.32. The van der Waals surface area contributed by atoms with E-state index in [1.807, 2.05) is 12.1 Å². The molecule has 0 saturated carbocycles. The summed E-state index contributed by atoms with van der Waals surface area (Å²) in [6.07, 6.45) is 0. The number of benzene rings is 12. The van der Waals surface area contributed by atoms with E-state index >= 15 is 0 Å². The zero-order valence-electron chi connectivity index (χ0n) is 43.4. The number of aromatic nitrogens is 4. The Morgan fingerprint density at radius 2 is 0.575 bits per heavy atom. The minimum absolute atomic E-state index is 0.530. The summed E-state index contributed by atoms with van der Waals surface area (Å²) in [5.41, 5.74) is 20.9. The third-order valence-corrected chi connectivity index (χ3v) is 15.4. The molecular weight excluding hydrogens is 973 g/mol. The zero-order chi connectivity index (χ0) is 52.9. The molecule has 12 aromatic carbocycles. The molecule has 0 fully saturated rings. The second kappa shape index (κ2) is 19.7. The molecule has 0 bridgehead atoms. The van der Waals surface area contributed by atoms with Crippen LogP contribution >= 0.6 is 0 Å². The summed E-state index contributed by atoms with van der Waals surface area (Å²) < 4.78 is 9.59. The van der Waals surface area contributed by atoms with Crippen molar-refractivity contribution in [2.24, 2.45) is 0 Å². The molecule has 3 aromatic heterocycles. The Bertz CT molecular complexity index is 4640. The fraction of sp³-hybridized carbons (Fsp3) is 0. The van der Waals surface area contributed by atoms with Crippen molar-refractivity contribution in [3.05, 3.63) is 291 Å². The number of rotatable bonds is 10. The van der Waals surface area contributed by atoms with Crippen LogP contribution in [0.3, 0.4) is 0 Å². The van der Waals surface area contributed by atoms with Crippen LogP contribution in [0.1, 0.15) is 0 Å². The smallest absolute Gasteiger partial charge is 0.167 e. The number of fused-ring (bicyclic) bond motifs is 6. The summed E-state index contributed by atoms with van der Waals surface area (Å²) in [6.45, 7) is 0. The highest BCUT2D eigenvalue weighted by Gasteiger charge is 2.22. The van der Waals surface area contributed by atoms with Gasteiger partial charge >= 0.3 is 0 Å².